The smallest absolute Gasteiger partial charge is 0.126 e. The summed E-state index contributed by atoms with van der Waals surface area (Å²) in [6.07, 6.45) is 6.30. The standard InChI is InChI=1S/C25H31FN4O2S/c1-32-20-3-5-25-23(14-20)22(7-9-27-25)24(26)4-2-18-8-11-30(16-19(18)17-31)12-13-33-21-6-10-28-29-15-21/h3,5-7,9-10,14-15,18-19,24,31H,2,4,8,11-13,16-17H2,1H3/t18-,19-,24+/m1/s1. The number of nitrogens with zero attached hydrogens (tertiary/aromatic N) is 4. The van der Waals surface area contributed by atoms with Crippen molar-refractivity contribution in [2.24, 2.45) is 11.8 Å². The molecule has 0 spiro atoms. The molecule has 0 aliphatic carbocycles. The molecule has 176 valence electrons. The molecule has 1 saturated heterocycles. The number of aromatic nitrogens is 3. The van der Waals surface area contributed by atoms with Crippen molar-refractivity contribution in [3.05, 3.63) is 54.5 Å². The van der Waals surface area contributed by atoms with Crippen LogP contribution in [-0.4, -0.2) is 64.3 Å². The number of thioether (sulfide) groups is 1. The monoisotopic (exact) mass is 470 g/mol. The van der Waals surface area contributed by atoms with E-state index in [0.29, 0.717) is 23.7 Å². The van der Waals surface area contributed by atoms with Crippen molar-refractivity contribution in [1.29, 1.82) is 0 Å². The predicted octanol–water partition coefficient (Wildman–Crippen LogP) is 4.55. The second-order valence-electron chi connectivity index (χ2n) is 8.55. The van der Waals surface area contributed by atoms with E-state index in [9.17, 15) is 5.11 Å². The predicted molar refractivity (Wildman–Crippen MR) is 129 cm³/mol. The maximum absolute atomic E-state index is 15.3. The fourth-order valence-electron chi connectivity index (χ4n) is 4.67. The van der Waals surface area contributed by atoms with Crippen molar-refractivity contribution >= 4 is 22.7 Å². The van der Waals surface area contributed by atoms with E-state index in [2.05, 4.69) is 20.1 Å². The van der Waals surface area contributed by atoms with Crippen LogP contribution in [0, 0.1) is 11.8 Å². The van der Waals surface area contributed by atoms with Gasteiger partial charge in [0.15, 0.2) is 0 Å². The van der Waals surface area contributed by atoms with Crippen LogP contribution in [0.5, 0.6) is 5.75 Å². The lowest BCUT2D eigenvalue weighted by molar-refractivity contribution is 0.0672. The van der Waals surface area contributed by atoms with Crippen LogP contribution in [0.4, 0.5) is 4.39 Å². The summed E-state index contributed by atoms with van der Waals surface area (Å²) in [4.78, 5) is 7.89. The number of methoxy groups -OCH3 is 1. The highest BCUT2D eigenvalue weighted by molar-refractivity contribution is 7.99. The van der Waals surface area contributed by atoms with Gasteiger partial charge in [-0.3, -0.25) is 4.98 Å². The Hall–Kier alpha value is -2.29. The summed E-state index contributed by atoms with van der Waals surface area (Å²) in [6, 6.07) is 9.31. The molecule has 3 aromatic rings. The van der Waals surface area contributed by atoms with Gasteiger partial charge in [0.1, 0.15) is 11.9 Å². The van der Waals surface area contributed by atoms with Crippen LogP contribution in [0.1, 0.15) is 31.0 Å². The van der Waals surface area contributed by atoms with E-state index < -0.39 is 6.17 Å². The minimum absolute atomic E-state index is 0.148. The van der Waals surface area contributed by atoms with Gasteiger partial charge in [0.2, 0.25) is 0 Å². The van der Waals surface area contributed by atoms with Crippen LogP contribution in [0.2, 0.25) is 0 Å². The molecule has 1 N–H and O–H groups in total. The van der Waals surface area contributed by atoms with Crippen LogP contribution < -0.4 is 4.74 Å². The summed E-state index contributed by atoms with van der Waals surface area (Å²) in [7, 11) is 1.61. The number of hydrogen-bond acceptors (Lipinski definition) is 7. The van der Waals surface area contributed by atoms with Gasteiger partial charge in [-0.2, -0.15) is 10.2 Å². The lowest BCUT2D eigenvalue weighted by Crippen LogP contribution is -2.43. The molecule has 3 atom stereocenters. The summed E-state index contributed by atoms with van der Waals surface area (Å²) in [5, 5.41) is 18.5. The number of hydrogen-bond donors (Lipinski definition) is 1. The first-order chi connectivity index (χ1) is 16.2. The Balaban J connectivity index is 1.30. The highest BCUT2D eigenvalue weighted by Crippen LogP contribution is 2.35. The molecular weight excluding hydrogens is 439 g/mol. The Morgan fingerprint density at radius 1 is 1.21 bits per heavy atom. The van der Waals surface area contributed by atoms with Crippen LogP contribution >= 0.6 is 11.8 Å². The lowest BCUT2D eigenvalue weighted by atomic mass is 9.81. The zero-order chi connectivity index (χ0) is 23.0. The maximum Gasteiger partial charge on any atom is 0.126 e. The number of ether oxygens (including phenoxy) is 1. The number of aliphatic hydroxyl groups excluding tert-OH is 1. The molecule has 3 heterocycles. The Morgan fingerprint density at radius 2 is 2.12 bits per heavy atom. The Bertz CT molecular complexity index is 1030. The van der Waals surface area contributed by atoms with Crippen molar-refractivity contribution in [2.45, 2.75) is 30.3 Å². The summed E-state index contributed by atoms with van der Waals surface area (Å²) < 4.78 is 20.7. The van der Waals surface area contributed by atoms with Crippen LogP contribution in [0.15, 0.2) is 53.8 Å². The number of halogens is 1. The fraction of sp³-hybridized carbons (Fsp3) is 0.480. The number of fused-ring (bicyclic) bond motifs is 1. The molecule has 0 saturated carbocycles. The van der Waals surface area contributed by atoms with E-state index in [1.807, 2.05) is 24.3 Å². The normalized spacial score (nSPS) is 20.1. The van der Waals surface area contributed by atoms with Crippen molar-refractivity contribution in [3.63, 3.8) is 0 Å². The number of piperidine rings is 1. The Morgan fingerprint density at radius 3 is 2.91 bits per heavy atom. The van der Waals surface area contributed by atoms with E-state index in [0.717, 1.165) is 54.0 Å². The van der Waals surface area contributed by atoms with Gasteiger partial charge < -0.3 is 14.7 Å². The highest BCUT2D eigenvalue weighted by Gasteiger charge is 2.29. The average Bonchev–Trinajstić information content (AvgIpc) is 2.87. The number of pyridine rings is 1. The quantitative estimate of drug-likeness (QED) is 0.436. The Labute approximate surface area is 198 Å². The van der Waals surface area contributed by atoms with Crippen LogP contribution in [0.25, 0.3) is 10.9 Å². The van der Waals surface area contributed by atoms with Gasteiger partial charge in [-0.05, 0) is 73.5 Å². The summed E-state index contributed by atoms with van der Waals surface area (Å²) >= 11 is 1.77. The molecule has 6 nitrogen and oxygen atoms in total. The van der Waals surface area contributed by atoms with Gasteiger partial charge >= 0.3 is 0 Å². The molecule has 0 radical (unpaired) electrons. The van der Waals surface area contributed by atoms with E-state index in [1.54, 1.807) is 43.5 Å². The molecule has 4 rings (SSSR count). The van der Waals surface area contributed by atoms with E-state index in [-0.39, 0.29) is 12.5 Å². The summed E-state index contributed by atoms with van der Waals surface area (Å²) in [6.45, 7) is 2.97. The largest absolute Gasteiger partial charge is 0.497 e. The summed E-state index contributed by atoms with van der Waals surface area (Å²) in [5.74, 6) is 2.20. The lowest BCUT2D eigenvalue weighted by Gasteiger charge is -2.38. The first-order valence-corrected chi connectivity index (χ1v) is 12.5. The molecule has 0 bridgehead atoms. The second kappa shape index (κ2) is 11.7. The zero-order valence-electron chi connectivity index (χ0n) is 18.9. The Kier molecular flexibility index (Phi) is 8.47. The van der Waals surface area contributed by atoms with Gasteiger partial charge in [-0.1, -0.05) is 0 Å². The highest BCUT2D eigenvalue weighted by atomic mass is 32.2. The van der Waals surface area contributed by atoms with Gasteiger partial charge in [0, 0.05) is 41.9 Å². The maximum atomic E-state index is 15.3. The molecule has 0 amide bonds. The number of likely N-dealkylation sites (tertiary alicyclic amines) is 1. The molecular formula is C25H31FN4O2S. The first-order valence-electron chi connectivity index (χ1n) is 11.5. The van der Waals surface area contributed by atoms with Crippen LogP contribution in [-0.2, 0) is 0 Å². The molecule has 8 heteroatoms. The van der Waals surface area contributed by atoms with Crippen molar-refractivity contribution < 1.29 is 14.2 Å². The van der Waals surface area contributed by atoms with Crippen molar-refractivity contribution in [3.8, 4) is 5.75 Å². The molecule has 2 aromatic heterocycles. The third-order valence-electron chi connectivity index (χ3n) is 6.55. The van der Waals surface area contributed by atoms with Crippen molar-refractivity contribution in [2.75, 3.05) is 39.1 Å². The van der Waals surface area contributed by atoms with Gasteiger partial charge in [-0.15, -0.1) is 11.8 Å². The zero-order valence-corrected chi connectivity index (χ0v) is 19.8. The minimum Gasteiger partial charge on any atom is -0.497 e. The van der Waals surface area contributed by atoms with E-state index in [1.165, 1.54) is 0 Å². The molecule has 1 aliphatic heterocycles. The molecule has 0 unspecified atom stereocenters. The second-order valence-corrected chi connectivity index (χ2v) is 9.72. The topological polar surface area (TPSA) is 71.4 Å². The third-order valence-corrected chi connectivity index (χ3v) is 7.52. The average molecular weight is 471 g/mol. The first kappa shape index (κ1) is 23.9. The molecule has 1 fully saturated rings. The third kappa shape index (κ3) is 6.19. The number of benzene rings is 1. The van der Waals surface area contributed by atoms with E-state index >= 15 is 4.39 Å². The van der Waals surface area contributed by atoms with Gasteiger partial charge in [0.05, 0.1) is 25.0 Å². The summed E-state index contributed by atoms with van der Waals surface area (Å²) in [5.41, 5.74) is 1.44. The molecule has 33 heavy (non-hydrogen) atoms. The number of alkyl halides is 1. The number of rotatable bonds is 10. The fourth-order valence-corrected chi connectivity index (χ4v) is 5.53. The van der Waals surface area contributed by atoms with Gasteiger partial charge in [0.25, 0.3) is 0 Å². The minimum atomic E-state index is -1.06. The molecule has 1 aromatic carbocycles. The number of aliphatic hydroxyl groups is 1. The van der Waals surface area contributed by atoms with Crippen LogP contribution in [0.3, 0.4) is 0 Å². The molecule has 1 aliphatic rings. The van der Waals surface area contributed by atoms with Crippen molar-refractivity contribution in [1.82, 2.24) is 20.1 Å². The van der Waals surface area contributed by atoms with E-state index in [4.69, 9.17) is 4.74 Å². The SMILES string of the molecule is COc1ccc2nccc([C@@H](F)CC[C@@H]3CCN(CCSc4ccnnc4)C[C@@H]3CO)c2c1. The van der Waals surface area contributed by atoms with Gasteiger partial charge in [-0.25, -0.2) is 4.39 Å².